The van der Waals surface area contributed by atoms with Crippen molar-refractivity contribution in [3.8, 4) is 5.75 Å². The van der Waals surface area contributed by atoms with Gasteiger partial charge in [0.25, 0.3) is 5.91 Å². The molecule has 2 N–H and O–H groups in total. The summed E-state index contributed by atoms with van der Waals surface area (Å²) < 4.78 is 44.8. The SMILES string of the molecule is COc1cncc(NC=CCS(=O)(=O)c2ccccc2C(=O)NCc2c(F)cccc2Cl)c1. The number of nitrogens with one attached hydrogen (secondary N) is 2. The molecular weight excluding hydrogens is 469 g/mol. The molecule has 0 saturated heterocycles. The molecule has 1 aromatic heterocycles. The molecule has 33 heavy (non-hydrogen) atoms. The van der Waals surface area contributed by atoms with E-state index >= 15 is 0 Å². The maximum Gasteiger partial charge on any atom is 0.252 e. The van der Waals surface area contributed by atoms with E-state index in [0.717, 1.165) is 0 Å². The number of carbonyl (C=O) groups excluding carboxylic acids is 1. The predicted octanol–water partition coefficient (Wildman–Crippen LogP) is 4.21. The average molecular weight is 490 g/mol. The van der Waals surface area contributed by atoms with Gasteiger partial charge >= 0.3 is 0 Å². The Hall–Kier alpha value is -3.43. The van der Waals surface area contributed by atoms with E-state index in [1.54, 1.807) is 24.5 Å². The van der Waals surface area contributed by atoms with Gasteiger partial charge in [-0.2, -0.15) is 0 Å². The van der Waals surface area contributed by atoms with E-state index in [0.29, 0.717) is 11.4 Å². The summed E-state index contributed by atoms with van der Waals surface area (Å²) in [5.74, 6) is -1.01. The van der Waals surface area contributed by atoms with Gasteiger partial charge in [0.15, 0.2) is 9.84 Å². The lowest BCUT2D eigenvalue weighted by Gasteiger charge is -2.11. The molecule has 0 saturated carbocycles. The van der Waals surface area contributed by atoms with Gasteiger partial charge in [0, 0.05) is 23.2 Å². The fourth-order valence-electron chi connectivity index (χ4n) is 2.92. The van der Waals surface area contributed by atoms with Crippen LogP contribution in [0.4, 0.5) is 10.1 Å². The Labute approximate surface area is 196 Å². The Morgan fingerprint density at radius 1 is 1.18 bits per heavy atom. The number of sulfone groups is 1. The molecule has 0 radical (unpaired) electrons. The zero-order valence-corrected chi connectivity index (χ0v) is 19.2. The molecule has 3 aromatic rings. The van der Waals surface area contributed by atoms with Crippen molar-refractivity contribution in [1.29, 1.82) is 0 Å². The van der Waals surface area contributed by atoms with Gasteiger partial charge in [0.05, 0.1) is 41.4 Å². The molecule has 0 atom stereocenters. The van der Waals surface area contributed by atoms with Crippen LogP contribution in [0.2, 0.25) is 5.02 Å². The number of halogens is 2. The molecule has 0 aliphatic heterocycles. The second-order valence-electron chi connectivity index (χ2n) is 6.82. The Balaban J connectivity index is 1.70. The van der Waals surface area contributed by atoms with Gasteiger partial charge < -0.3 is 15.4 Å². The van der Waals surface area contributed by atoms with Crippen molar-refractivity contribution >= 4 is 33.0 Å². The molecule has 1 heterocycles. The lowest BCUT2D eigenvalue weighted by Crippen LogP contribution is -2.25. The first kappa shape index (κ1) is 24.2. The van der Waals surface area contributed by atoms with Gasteiger partial charge in [-0.3, -0.25) is 9.78 Å². The number of nitrogens with zero attached hydrogens (tertiary/aromatic N) is 1. The van der Waals surface area contributed by atoms with Crippen LogP contribution in [-0.2, 0) is 16.4 Å². The van der Waals surface area contributed by atoms with E-state index in [2.05, 4.69) is 15.6 Å². The fourth-order valence-corrected chi connectivity index (χ4v) is 4.46. The average Bonchev–Trinajstić information content (AvgIpc) is 2.81. The van der Waals surface area contributed by atoms with Crippen molar-refractivity contribution in [2.45, 2.75) is 11.4 Å². The van der Waals surface area contributed by atoms with Crippen LogP contribution in [0, 0.1) is 5.82 Å². The Morgan fingerprint density at radius 3 is 2.73 bits per heavy atom. The van der Waals surface area contributed by atoms with Crippen molar-refractivity contribution in [2.75, 3.05) is 18.2 Å². The second-order valence-corrected chi connectivity index (χ2v) is 9.23. The van der Waals surface area contributed by atoms with Gasteiger partial charge in [0.1, 0.15) is 11.6 Å². The van der Waals surface area contributed by atoms with Crippen molar-refractivity contribution in [3.63, 3.8) is 0 Å². The molecular formula is C23H21ClFN3O4S. The zero-order valence-electron chi connectivity index (χ0n) is 17.6. The molecule has 10 heteroatoms. The van der Waals surface area contributed by atoms with E-state index < -0.39 is 21.6 Å². The summed E-state index contributed by atoms with van der Waals surface area (Å²) in [6.07, 6.45) is 5.99. The minimum absolute atomic E-state index is 0.0386. The van der Waals surface area contributed by atoms with E-state index in [1.165, 1.54) is 55.8 Å². The third-order valence-electron chi connectivity index (χ3n) is 4.59. The highest BCUT2D eigenvalue weighted by Gasteiger charge is 2.21. The molecule has 3 rings (SSSR count). The molecule has 172 valence electrons. The van der Waals surface area contributed by atoms with Crippen LogP contribution in [0.1, 0.15) is 15.9 Å². The molecule has 0 bridgehead atoms. The molecule has 7 nitrogen and oxygen atoms in total. The van der Waals surface area contributed by atoms with Crippen LogP contribution >= 0.6 is 11.6 Å². The second kappa shape index (κ2) is 10.9. The third kappa shape index (κ3) is 6.30. The van der Waals surface area contributed by atoms with Crippen LogP contribution < -0.4 is 15.4 Å². The smallest absolute Gasteiger partial charge is 0.252 e. The van der Waals surface area contributed by atoms with E-state index in [1.807, 2.05) is 0 Å². The first-order valence-corrected chi connectivity index (χ1v) is 11.8. The van der Waals surface area contributed by atoms with Crippen molar-refractivity contribution < 1.29 is 22.3 Å². The summed E-state index contributed by atoms with van der Waals surface area (Å²) in [4.78, 5) is 16.6. The van der Waals surface area contributed by atoms with Gasteiger partial charge in [0.2, 0.25) is 0 Å². The van der Waals surface area contributed by atoms with E-state index in [4.69, 9.17) is 16.3 Å². The maximum absolute atomic E-state index is 14.0. The first-order chi connectivity index (χ1) is 15.8. The summed E-state index contributed by atoms with van der Waals surface area (Å²) in [5, 5.41) is 5.61. The van der Waals surface area contributed by atoms with Gasteiger partial charge in [-0.05, 0) is 30.5 Å². The summed E-state index contributed by atoms with van der Waals surface area (Å²) in [6.45, 7) is -0.183. The monoisotopic (exact) mass is 489 g/mol. The number of carbonyl (C=O) groups is 1. The Bertz CT molecular complexity index is 1260. The lowest BCUT2D eigenvalue weighted by atomic mass is 10.2. The van der Waals surface area contributed by atoms with Crippen molar-refractivity contribution in [2.24, 2.45) is 0 Å². The number of benzene rings is 2. The minimum Gasteiger partial charge on any atom is -0.495 e. The fraction of sp³-hybridized carbons (Fsp3) is 0.130. The van der Waals surface area contributed by atoms with Crippen molar-refractivity contribution in [3.05, 3.63) is 95.2 Å². The van der Waals surface area contributed by atoms with Crippen LogP contribution in [0.5, 0.6) is 5.75 Å². The molecule has 0 spiro atoms. The topological polar surface area (TPSA) is 97.4 Å². The van der Waals surface area contributed by atoms with Crippen LogP contribution in [0.15, 0.2) is 78.1 Å². The Kier molecular flexibility index (Phi) is 8.02. The number of hydrogen-bond acceptors (Lipinski definition) is 6. The van der Waals surface area contributed by atoms with Crippen LogP contribution in [-0.4, -0.2) is 32.2 Å². The van der Waals surface area contributed by atoms with Gasteiger partial charge in [-0.15, -0.1) is 0 Å². The highest BCUT2D eigenvalue weighted by Crippen LogP contribution is 2.21. The number of amides is 1. The van der Waals surface area contributed by atoms with Crippen molar-refractivity contribution in [1.82, 2.24) is 10.3 Å². The van der Waals surface area contributed by atoms with E-state index in [9.17, 15) is 17.6 Å². The largest absolute Gasteiger partial charge is 0.495 e. The molecule has 0 aliphatic rings. The molecule has 0 fully saturated rings. The lowest BCUT2D eigenvalue weighted by molar-refractivity contribution is 0.0947. The first-order valence-electron chi connectivity index (χ1n) is 9.75. The molecule has 0 unspecified atom stereocenters. The third-order valence-corrected chi connectivity index (χ3v) is 6.60. The van der Waals surface area contributed by atoms with E-state index in [-0.39, 0.29) is 33.3 Å². The predicted molar refractivity (Wildman–Crippen MR) is 125 cm³/mol. The van der Waals surface area contributed by atoms with Crippen LogP contribution in [0.25, 0.3) is 0 Å². The molecule has 2 aromatic carbocycles. The number of aromatic nitrogens is 1. The standard InChI is InChI=1S/C23H21ClFN3O4S/c1-32-17-12-16(13-26-14-17)27-10-5-11-33(30,31)22-9-3-2-6-18(22)23(29)28-15-19-20(24)7-4-8-21(19)25/h2-10,12-14,27H,11,15H2,1H3,(H,28,29). The highest BCUT2D eigenvalue weighted by molar-refractivity contribution is 7.91. The summed E-state index contributed by atoms with van der Waals surface area (Å²) >= 11 is 5.98. The van der Waals surface area contributed by atoms with Crippen LogP contribution in [0.3, 0.4) is 0 Å². The summed E-state index contributed by atoms with van der Waals surface area (Å²) in [5.41, 5.74) is 0.701. The summed E-state index contributed by atoms with van der Waals surface area (Å²) in [6, 6.07) is 11.7. The van der Waals surface area contributed by atoms with Gasteiger partial charge in [-0.25, -0.2) is 12.8 Å². The minimum atomic E-state index is -3.83. The highest BCUT2D eigenvalue weighted by atomic mass is 35.5. The molecule has 0 aliphatic carbocycles. The zero-order chi connectivity index (χ0) is 23.8. The number of rotatable bonds is 9. The number of ether oxygens (including phenoxy) is 1. The van der Waals surface area contributed by atoms with Gasteiger partial charge in [-0.1, -0.05) is 35.9 Å². The number of pyridine rings is 1. The normalized spacial score (nSPS) is 11.4. The quantitative estimate of drug-likeness (QED) is 0.467. The number of hydrogen-bond donors (Lipinski definition) is 2. The number of methoxy groups -OCH3 is 1. The maximum atomic E-state index is 14.0. The molecule has 1 amide bonds. The Morgan fingerprint density at radius 2 is 1.97 bits per heavy atom. The number of anilines is 1. The summed E-state index contributed by atoms with van der Waals surface area (Å²) in [7, 11) is -2.31.